The number of methoxy groups -OCH3 is 1. The third-order valence-corrected chi connectivity index (χ3v) is 7.54. The van der Waals surface area contributed by atoms with E-state index in [1.165, 1.54) is 17.0 Å². The van der Waals surface area contributed by atoms with Crippen LogP contribution < -0.4 is 5.32 Å². The molecule has 0 bridgehead atoms. The van der Waals surface area contributed by atoms with E-state index in [2.05, 4.69) is 5.32 Å². The summed E-state index contributed by atoms with van der Waals surface area (Å²) in [5.41, 5.74) is 2.16. The maximum Gasteiger partial charge on any atom is 0.243 e. The molecule has 1 atom stereocenters. The lowest BCUT2D eigenvalue weighted by molar-refractivity contribution is -0.141. The van der Waals surface area contributed by atoms with Crippen LogP contribution in [0.1, 0.15) is 23.1 Å². The van der Waals surface area contributed by atoms with Crippen LogP contribution in [0, 0.1) is 5.82 Å². The van der Waals surface area contributed by atoms with Crippen LogP contribution in [-0.2, 0) is 43.9 Å². The van der Waals surface area contributed by atoms with Crippen LogP contribution in [0.2, 0.25) is 0 Å². The van der Waals surface area contributed by atoms with Crippen molar-refractivity contribution in [3.8, 4) is 0 Å². The minimum absolute atomic E-state index is 0.00235. The Kier molecular flexibility index (Phi) is 11.8. The number of sulfonamides is 1. The lowest BCUT2D eigenvalue weighted by Crippen LogP contribution is -2.53. The van der Waals surface area contributed by atoms with Gasteiger partial charge in [-0.15, -0.1) is 0 Å². The van der Waals surface area contributed by atoms with Gasteiger partial charge < -0.3 is 15.0 Å². The average Bonchev–Trinajstić information content (AvgIpc) is 2.94. The normalized spacial score (nSPS) is 12.2. The topological polar surface area (TPSA) is 96.0 Å². The van der Waals surface area contributed by atoms with E-state index in [-0.39, 0.29) is 25.4 Å². The van der Waals surface area contributed by atoms with Crippen LogP contribution in [0.15, 0.2) is 84.9 Å². The number of rotatable bonds is 15. The molecule has 0 saturated carbocycles. The molecule has 0 aliphatic carbocycles. The van der Waals surface area contributed by atoms with Gasteiger partial charge >= 0.3 is 0 Å². The number of hydrogen-bond donors (Lipinski definition) is 1. The number of amides is 2. The van der Waals surface area contributed by atoms with Crippen molar-refractivity contribution >= 4 is 21.8 Å². The minimum atomic E-state index is -3.77. The van der Waals surface area contributed by atoms with E-state index in [0.717, 1.165) is 21.7 Å². The summed E-state index contributed by atoms with van der Waals surface area (Å²) in [7, 11) is -2.20. The zero-order chi connectivity index (χ0) is 29.0. The Bertz CT molecular complexity index is 1320. The lowest BCUT2D eigenvalue weighted by Gasteiger charge is -2.33. The first-order valence-electron chi connectivity index (χ1n) is 13.0. The predicted octanol–water partition coefficient (Wildman–Crippen LogP) is 3.38. The van der Waals surface area contributed by atoms with Crippen molar-refractivity contribution in [1.29, 1.82) is 0 Å². The van der Waals surface area contributed by atoms with Crippen molar-refractivity contribution in [2.75, 3.05) is 33.1 Å². The van der Waals surface area contributed by atoms with Gasteiger partial charge in [-0.1, -0.05) is 72.8 Å². The molecule has 2 amide bonds. The molecule has 0 saturated heterocycles. The molecular formula is C30H36FN3O5S. The van der Waals surface area contributed by atoms with Gasteiger partial charge in [0, 0.05) is 39.8 Å². The second-order valence-electron chi connectivity index (χ2n) is 9.51. The van der Waals surface area contributed by atoms with E-state index in [0.29, 0.717) is 25.1 Å². The highest BCUT2D eigenvalue weighted by Gasteiger charge is 2.32. The molecule has 0 spiro atoms. The van der Waals surface area contributed by atoms with Gasteiger partial charge in [-0.05, 0) is 35.2 Å². The molecule has 40 heavy (non-hydrogen) atoms. The standard InChI is InChI=1S/C30H36FN3O5S/c1-39-19-9-18-32-30(36)28(20-24-10-5-3-6-11-24)34(22-26-14-16-27(31)17-15-26)29(35)23-33(40(2,37)38)21-25-12-7-4-8-13-25/h3-8,10-17,28H,9,18-23H2,1-2H3,(H,32,36). The molecule has 0 aliphatic rings. The fourth-order valence-corrected chi connectivity index (χ4v) is 4.93. The molecule has 3 aromatic rings. The molecule has 0 heterocycles. The number of carbonyl (C=O) groups is 2. The Balaban J connectivity index is 1.95. The highest BCUT2D eigenvalue weighted by Crippen LogP contribution is 2.17. The van der Waals surface area contributed by atoms with Gasteiger partial charge in [-0.2, -0.15) is 4.31 Å². The molecule has 0 radical (unpaired) electrons. The van der Waals surface area contributed by atoms with Gasteiger partial charge in [-0.3, -0.25) is 9.59 Å². The van der Waals surface area contributed by atoms with Crippen LogP contribution in [0.3, 0.4) is 0 Å². The second-order valence-corrected chi connectivity index (χ2v) is 11.5. The third kappa shape index (κ3) is 9.86. The summed E-state index contributed by atoms with van der Waals surface area (Å²) in [5, 5.41) is 2.89. The van der Waals surface area contributed by atoms with Gasteiger partial charge in [0.1, 0.15) is 11.9 Å². The average molecular weight is 570 g/mol. The largest absolute Gasteiger partial charge is 0.385 e. The first-order chi connectivity index (χ1) is 19.2. The van der Waals surface area contributed by atoms with Crippen LogP contribution in [-0.4, -0.2) is 68.5 Å². The third-order valence-electron chi connectivity index (χ3n) is 6.34. The first kappa shape index (κ1) is 30.9. The highest BCUT2D eigenvalue weighted by molar-refractivity contribution is 7.88. The molecule has 0 aromatic heterocycles. The summed E-state index contributed by atoms with van der Waals surface area (Å²) in [5.74, 6) is -1.34. The van der Waals surface area contributed by atoms with E-state index in [1.807, 2.05) is 36.4 Å². The quantitative estimate of drug-likeness (QED) is 0.283. The fraction of sp³-hybridized carbons (Fsp3) is 0.333. The Morgan fingerprint density at radius 3 is 2.02 bits per heavy atom. The maximum absolute atomic E-state index is 13.9. The Hall–Kier alpha value is -3.60. The van der Waals surface area contributed by atoms with E-state index >= 15 is 0 Å². The minimum Gasteiger partial charge on any atom is -0.385 e. The molecule has 0 fully saturated rings. The summed E-state index contributed by atoms with van der Waals surface area (Å²) >= 11 is 0. The van der Waals surface area contributed by atoms with Crippen molar-refractivity contribution in [3.05, 3.63) is 107 Å². The van der Waals surface area contributed by atoms with Crippen LogP contribution in [0.5, 0.6) is 0 Å². The van der Waals surface area contributed by atoms with E-state index < -0.39 is 34.3 Å². The van der Waals surface area contributed by atoms with Gasteiger partial charge in [-0.25, -0.2) is 12.8 Å². The van der Waals surface area contributed by atoms with Crippen molar-refractivity contribution in [3.63, 3.8) is 0 Å². The zero-order valence-electron chi connectivity index (χ0n) is 22.8. The van der Waals surface area contributed by atoms with Crippen molar-refractivity contribution in [2.24, 2.45) is 0 Å². The fourth-order valence-electron chi connectivity index (χ4n) is 4.21. The van der Waals surface area contributed by atoms with Crippen LogP contribution >= 0.6 is 0 Å². The zero-order valence-corrected chi connectivity index (χ0v) is 23.6. The molecule has 3 aromatic carbocycles. The molecule has 214 valence electrons. The molecule has 3 rings (SSSR count). The maximum atomic E-state index is 13.9. The van der Waals surface area contributed by atoms with Gasteiger partial charge in [0.2, 0.25) is 21.8 Å². The number of carbonyl (C=O) groups excluding carboxylic acids is 2. The highest BCUT2D eigenvalue weighted by atomic mass is 32.2. The number of benzene rings is 3. The van der Waals surface area contributed by atoms with Crippen LogP contribution in [0.4, 0.5) is 4.39 Å². The summed E-state index contributed by atoms with van der Waals surface area (Å²) in [6, 6.07) is 23.0. The molecule has 1 N–H and O–H groups in total. The second kappa shape index (κ2) is 15.3. The molecule has 0 aliphatic heterocycles. The molecule has 1 unspecified atom stereocenters. The lowest BCUT2D eigenvalue weighted by atomic mass is 10.0. The van der Waals surface area contributed by atoms with E-state index in [4.69, 9.17) is 4.74 Å². The Morgan fingerprint density at radius 2 is 1.45 bits per heavy atom. The number of halogens is 1. The summed E-state index contributed by atoms with van der Waals surface area (Å²) in [6.45, 7) is 0.343. The van der Waals surface area contributed by atoms with Crippen molar-refractivity contribution < 1.29 is 27.1 Å². The van der Waals surface area contributed by atoms with Crippen LogP contribution in [0.25, 0.3) is 0 Å². The van der Waals surface area contributed by atoms with E-state index in [1.54, 1.807) is 43.5 Å². The number of nitrogens with zero attached hydrogens (tertiary/aromatic N) is 2. The molecule has 8 nitrogen and oxygen atoms in total. The summed E-state index contributed by atoms with van der Waals surface area (Å²) in [4.78, 5) is 28.8. The number of hydrogen-bond acceptors (Lipinski definition) is 5. The van der Waals surface area contributed by atoms with Crippen molar-refractivity contribution in [1.82, 2.24) is 14.5 Å². The van der Waals surface area contributed by atoms with Crippen molar-refractivity contribution in [2.45, 2.75) is 32.0 Å². The predicted molar refractivity (Wildman–Crippen MR) is 152 cm³/mol. The summed E-state index contributed by atoms with van der Waals surface area (Å²) in [6.07, 6.45) is 1.85. The van der Waals surface area contributed by atoms with E-state index in [9.17, 15) is 22.4 Å². The number of ether oxygens (including phenoxy) is 1. The monoisotopic (exact) mass is 569 g/mol. The van der Waals surface area contributed by atoms with Gasteiger partial charge in [0.25, 0.3) is 0 Å². The number of nitrogens with one attached hydrogen (secondary N) is 1. The van der Waals surface area contributed by atoms with Gasteiger partial charge in [0.15, 0.2) is 0 Å². The SMILES string of the molecule is COCCCNC(=O)C(Cc1ccccc1)N(Cc1ccc(F)cc1)C(=O)CN(Cc1ccccc1)S(C)(=O)=O. The summed E-state index contributed by atoms with van der Waals surface area (Å²) < 4.78 is 45.2. The Labute approximate surface area is 235 Å². The molecular weight excluding hydrogens is 533 g/mol. The Morgan fingerprint density at radius 1 is 0.875 bits per heavy atom. The first-order valence-corrected chi connectivity index (χ1v) is 14.9. The molecule has 10 heteroatoms. The smallest absolute Gasteiger partial charge is 0.243 e. The van der Waals surface area contributed by atoms with Gasteiger partial charge in [0.05, 0.1) is 12.8 Å².